The molecule has 3 aromatic rings. The number of aliphatic hydroxyl groups is 1. The lowest BCUT2D eigenvalue weighted by molar-refractivity contribution is -0.132. The minimum absolute atomic E-state index is 0.0309. The van der Waals surface area contributed by atoms with Gasteiger partial charge in [-0.1, -0.05) is 30.3 Å². The molecule has 1 heterocycles. The summed E-state index contributed by atoms with van der Waals surface area (Å²) in [4.78, 5) is 28.0. The molecule has 34 heavy (non-hydrogen) atoms. The SMILES string of the molecule is CCOc1ccc(N2C(=O)C(=O)/C(=C(/O)c3cc(OC)ccc3OC)C2c2ccccc2)cc1. The number of aliphatic hydroxyl groups excluding tert-OH is 1. The minimum Gasteiger partial charge on any atom is -0.507 e. The maximum absolute atomic E-state index is 13.3. The fraction of sp³-hybridized carbons (Fsp3) is 0.185. The van der Waals surface area contributed by atoms with Crippen molar-refractivity contribution < 1.29 is 28.9 Å². The zero-order valence-corrected chi connectivity index (χ0v) is 19.1. The standard InChI is InChI=1S/C27H25NO6/c1-4-34-19-12-10-18(11-13-19)28-24(17-8-6-5-7-9-17)23(26(30)27(28)31)25(29)21-16-20(32-2)14-15-22(21)33-3/h5-16,24,29H,4H2,1-3H3/b25-23+. The van der Waals surface area contributed by atoms with Crippen molar-refractivity contribution in [2.75, 3.05) is 25.7 Å². The summed E-state index contributed by atoms with van der Waals surface area (Å²) in [6.45, 7) is 2.39. The molecule has 0 bridgehead atoms. The van der Waals surface area contributed by atoms with Gasteiger partial charge in [0.05, 0.1) is 38.0 Å². The molecule has 1 aliphatic heterocycles. The van der Waals surface area contributed by atoms with Crippen molar-refractivity contribution in [2.45, 2.75) is 13.0 Å². The Morgan fingerprint density at radius 1 is 0.912 bits per heavy atom. The molecule has 3 aromatic carbocycles. The van der Waals surface area contributed by atoms with Gasteiger partial charge in [0.1, 0.15) is 23.0 Å². The number of methoxy groups -OCH3 is 2. The molecule has 1 atom stereocenters. The number of rotatable bonds is 7. The second-order valence-corrected chi connectivity index (χ2v) is 7.57. The molecule has 0 saturated carbocycles. The fourth-order valence-corrected chi connectivity index (χ4v) is 4.06. The van der Waals surface area contributed by atoms with Gasteiger partial charge < -0.3 is 19.3 Å². The van der Waals surface area contributed by atoms with E-state index >= 15 is 0 Å². The predicted molar refractivity (Wildman–Crippen MR) is 128 cm³/mol. The lowest BCUT2D eigenvalue weighted by Gasteiger charge is -2.25. The van der Waals surface area contributed by atoms with Crippen LogP contribution in [0.2, 0.25) is 0 Å². The summed E-state index contributed by atoms with van der Waals surface area (Å²) >= 11 is 0. The topological polar surface area (TPSA) is 85.3 Å². The Labute approximate surface area is 197 Å². The van der Waals surface area contributed by atoms with Gasteiger partial charge in [0.15, 0.2) is 0 Å². The van der Waals surface area contributed by atoms with Crippen molar-refractivity contribution in [3.63, 3.8) is 0 Å². The summed E-state index contributed by atoms with van der Waals surface area (Å²) in [7, 11) is 2.96. The summed E-state index contributed by atoms with van der Waals surface area (Å²) in [6.07, 6.45) is 0. The van der Waals surface area contributed by atoms with Crippen molar-refractivity contribution >= 4 is 23.1 Å². The Kier molecular flexibility index (Phi) is 6.54. The lowest BCUT2D eigenvalue weighted by atomic mass is 9.94. The van der Waals surface area contributed by atoms with Gasteiger partial charge in [0, 0.05) is 5.69 Å². The molecule has 1 N–H and O–H groups in total. The highest BCUT2D eigenvalue weighted by Gasteiger charge is 2.47. The molecule has 1 aliphatic rings. The molecule has 174 valence electrons. The molecule has 0 aromatic heterocycles. The number of amides is 1. The van der Waals surface area contributed by atoms with Crippen LogP contribution in [0.5, 0.6) is 17.2 Å². The Hall–Kier alpha value is -4.26. The third-order valence-electron chi connectivity index (χ3n) is 5.65. The van der Waals surface area contributed by atoms with E-state index in [0.717, 1.165) is 0 Å². The number of anilines is 1. The highest BCUT2D eigenvalue weighted by Crippen LogP contribution is 2.43. The van der Waals surface area contributed by atoms with Gasteiger partial charge in [-0.2, -0.15) is 0 Å². The molecule has 7 heteroatoms. The van der Waals surface area contributed by atoms with E-state index in [9.17, 15) is 14.7 Å². The van der Waals surface area contributed by atoms with Crippen LogP contribution >= 0.6 is 0 Å². The van der Waals surface area contributed by atoms with Gasteiger partial charge in [-0.3, -0.25) is 14.5 Å². The van der Waals surface area contributed by atoms with Gasteiger partial charge in [0.25, 0.3) is 11.7 Å². The van der Waals surface area contributed by atoms with Crippen LogP contribution in [0.15, 0.2) is 78.4 Å². The van der Waals surface area contributed by atoms with Gasteiger partial charge in [0.2, 0.25) is 0 Å². The summed E-state index contributed by atoms with van der Waals surface area (Å²) in [6, 6.07) is 20.1. The predicted octanol–water partition coefficient (Wildman–Crippen LogP) is 4.73. The van der Waals surface area contributed by atoms with Crippen LogP contribution in [0.1, 0.15) is 24.1 Å². The van der Waals surface area contributed by atoms with Gasteiger partial charge >= 0.3 is 0 Å². The Morgan fingerprint density at radius 3 is 2.21 bits per heavy atom. The number of nitrogens with zero attached hydrogens (tertiary/aromatic N) is 1. The van der Waals surface area contributed by atoms with Crippen LogP contribution in [0.25, 0.3) is 5.76 Å². The molecule has 7 nitrogen and oxygen atoms in total. The molecule has 1 unspecified atom stereocenters. The number of carbonyl (C=O) groups excluding carboxylic acids is 2. The quantitative estimate of drug-likeness (QED) is 0.312. The first-order valence-electron chi connectivity index (χ1n) is 10.8. The van der Waals surface area contributed by atoms with Crippen LogP contribution in [-0.4, -0.2) is 37.6 Å². The normalized spacial score (nSPS) is 17.0. The van der Waals surface area contributed by atoms with Gasteiger partial charge in [-0.15, -0.1) is 0 Å². The maximum Gasteiger partial charge on any atom is 0.300 e. The van der Waals surface area contributed by atoms with Crippen LogP contribution in [0.4, 0.5) is 5.69 Å². The number of carbonyl (C=O) groups is 2. The van der Waals surface area contributed by atoms with E-state index < -0.39 is 17.7 Å². The lowest BCUT2D eigenvalue weighted by Crippen LogP contribution is -2.29. The minimum atomic E-state index is -0.838. The molecule has 4 rings (SSSR count). The Morgan fingerprint density at radius 2 is 1.59 bits per heavy atom. The molecular formula is C27H25NO6. The van der Waals surface area contributed by atoms with Crippen molar-refractivity contribution in [1.82, 2.24) is 0 Å². The van der Waals surface area contributed by atoms with Crippen molar-refractivity contribution in [2.24, 2.45) is 0 Å². The summed E-state index contributed by atoms with van der Waals surface area (Å²) in [5, 5.41) is 11.4. The third-order valence-corrected chi connectivity index (χ3v) is 5.65. The van der Waals surface area contributed by atoms with Crippen molar-refractivity contribution in [1.29, 1.82) is 0 Å². The smallest absolute Gasteiger partial charge is 0.300 e. The number of hydrogen-bond acceptors (Lipinski definition) is 6. The van der Waals surface area contributed by atoms with Crippen LogP contribution in [0, 0.1) is 0 Å². The Balaban J connectivity index is 1.92. The third kappa shape index (κ3) is 4.08. The van der Waals surface area contributed by atoms with E-state index in [4.69, 9.17) is 14.2 Å². The number of benzene rings is 3. The maximum atomic E-state index is 13.3. The zero-order chi connectivity index (χ0) is 24.2. The second-order valence-electron chi connectivity index (χ2n) is 7.57. The number of hydrogen-bond donors (Lipinski definition) is 1. The molecule has 0 spiro atoms. The fourth-order valence-electron chi connectivity index (χ4n) is 4.06. The van der Waals surface area contributed by atoms with Crippen LogP contribution < -0.4 is 19.1 Å². The van der Waals surface area contributed by atoms with Crippen LogP contribution in [-0.2, 0) is 9.59 Å². The summed E-state index contributed by atoms with van der Waals surface area (Å²) < 4.78 is 16.2. The molecule has 0 radical (unpaired) electrons. The van der Waals surface area contributed by atoms with Crippen LogP contribution in [0.3, 0.4) is 0 Å². The zero-order valence-electron chi connectivity index (χ0n) is 19.1. The van der Waals surface area contributed by atoms with E-state index in [-0.39, 0.29) is 16.9 Å². The summed E-state index contributed by atoms with van der Waals surface area (Å²) in [5.41, 5.74) is 1.42. The molecule has 0 aliphatic carbocycles. The van der Waals surface area contributed by atoms with E-state index in [1.807, 2.05) is 37.3 Å². The second kappa shape index (κ2) is 9.70. The van der Waals surface area contributed by atoms with Crippen molar-refractivity contribution in [3.05, 3.63) is 89.5 Å². The summed E-state index contributed by atoms with van der Waals surface area (Å²) in [5.74, 6) is -0.389. The number of Topliss-reactive ketones (excluding diaryl/α,β-unsaturated/α-hetero) is 1. The van der Waals surface area contributed by atoms with E-state index in [0.29, 0.717) is 35.1 Å². The van der Waals surface area contributed by atoms with Crippen molar-refractivity contribution in [3.8, 4) is 17.2 Å². The van der Waals surface area contributed by atoms with Gasteiger partial charge in [-0.25, -0.2) is 0 Å². The average molecular weight is 459 g/mol. The van der Waals surface area contributed by atoms with E-state index in [2.05, 4.69) is 0 Å². The monoisotopic (exact) mass is 459 g/mol. The molecule has 1 fully saturated rings. The Bertz CT molecular complexity index is 1230. The highest BCUT2D eigenvalue weighted by molar-refractivity contribution is 6.51. The van der Waals surface area contributed by atoms with E-state index in [1.54, 1.807) is 42.5 Å². The first kappa shape index (κ1) is 22.9. The largest absolute Gasteiger partial charge is 0.507 e. The average Bonchev–Trinajstić information content (AvgIpc) is 3.14. The molecule has 1 saturated heterocycles. The highest BCUT2D eigenvalue weighted by atomic mass is 16.5. The number of ether oxygens (including phenoxy) is 3. The molecule has 1 amide bonds. The van der Waals surface area contributed by atoms with Gasteiger partial charge in [-0.05, 0) is 55.0 Å². The van der Waals surface area contributed by atoms with E-state index in [1.165, 1.54) is 19.1 Å². The first-order chi connectivity index (χ1) is 16.5. The first-order valence-corrected chi connectivity index (χ1v) is 10.8. The molecular weight excluding hydrogens is 434 g/mol. The number of ketones is 1.